The predicted molar refractivity (Wildman–Crippen MR) is 362 cm³/mol. The Hall–Kier alpha value is -2.63. The molecule has 486 valence electrons. The summed E-state index contributed by atoms with van der Waals surface area (Å²) >= 11 is 0. The normalized spacial score (nSPS) is 12.3. The maximum atomic E-state index is 13.0. The van der Waals surface area contributed by atoms with Crippen LogP contribution in [0.15, 0.2) is 48.6 Å². The zero-order valence-corrected chi connectivity index (χ0v) is 56.0. The molecular formula is C77H142O6. The SMILES string of the molecule is CC/C=C\C/C=C\C/C=C\C/C=C\CCCCCCCCCCCCCCCCCCCCC(=O)OCC(COC(=O)CCCCCCCCCCCCCCC)OC(=O)CCCCCCCCCCCCCCCCCCCCCCC. The zero-order chi connectivity index (χ0) is 59.9. The smallest absolute Gasteiger partial charge is 0.306 e. The van der Waals surface area contributed by atoms with Crippen LogP contribution in [0.5, 0.6) is 0 Å². The number of carbonyl (C=O) groups excluding carboxylic acids is 3. The summed E-state index contributed by atoms with van der Waals surface area (Å²) in [4.78, 5) is 38.5. The Kier molecular flexibility index (Phi) is 69.6. The quantitative estimate of drug-likeness (QED) is 0.0261. The lowest BCUT2D eigenvalue weighted by Gasteiger charge is -2.18. The van der Waals surface area contributed by atoms with E-state index in [-0.39, 0.29) is 31.1 Å². The van der Waals surface area contributed by atoms with E-state index < -0.39 is 6.10 Å². The highest BCUT2D eigenvalue weighted by molar-refractivity contribution is 5.71. The predicted octanol–water partition coefficient (Wildman–Crippen LogP) is 25.7. The molecule has 0 bridgehead atoms. The van der Waals surface area contributed by atoms with Crippen LogP contribution >= 0.6 is 0 Å². The van der Waals surface area contributed by atoms with Gasteiger partial charge in [0.1, 0.15) is 13.2 Å². The van der Waals surface area contributed by atoms with Crippen molar-refractivity contribution in [2.45, 2.75) is 412 Å². The molecule has 0 aromatic heterocycles. The van der Waals surface area contributed by atoms with Gasteiger partial charge in [-0.05, 0) is 57.8 Å². The molecule has 0 aliphatic rings. The highest BCUT2D eigenvalue weighted by Crippen LogP contribution is 2.19. The third kappa shape index (κ3) is 70.0. The van der Waals surface area contributed by atoms with Gasteiger partial charge >= 0.3 is 17.9 Å². The van der Waals surface area contributed by atoms with Gasteiger partial charge in [-0.1, -0.05) is 378 Å². The van der Waals surface area contributed by atoms with E-state index in [0.717, 1.165) is 83.5 Å². The second kappa shape index (κ2) is 71.8. The number of hydrogen-bond donors (Lipinski definition) is 0. The molecule has 0 spiro atoms. The molecule has 0 aromatic rings. The van der Waals surface area contributed by atoms with E-state index in [1.807, 2.05) is 0 Å². The molecule has 0 N–H and O–H groups in total. The lowest BCUT2D eigenvalue weighted by atomic mass is 10.0. The minimum absolute atomic E-state index is 0.0646. The Balaban J connectivity index is 4.16. The van der Waals surface area contributed by atoms with Crippen LogP contribution in [0.25, 0.3) is 0 Å². The average molecular weight is 1160 g/mol. The molecule has 0 aliphatic carbocycles. The summed E-state index contributed by atoms with van der Waals surface area (Å²) in [7, 11) is 0. The summed E-state index contributed by atoms with van der Waals surface area (Å²) in [6.07, 6.45) is 91.6. The molecule has 6 heteroatoms. The lowest BCUT2D eigenvalue weighted by molar-refractivity contribution is -0.167. The number of hydrogen-bond acceptors (Lipinski definition) is 6. The Morgan fingerprint density at radius 1 is 0.253 bits per heavy atom. The molecule has 0 radical (unpaired) electrons. The maximum Gasteiger partial charge on any atom is 0.306 e. The molecule has 0 fully saturated rings. The first-order valence-electron chi connectivity index (χ1n) is 37.1. The molecular weight excluding hydrogens is 1020 g/mol. The molecule has 0 aromatic carbocycles. The number of ether oxygens (including phenoxy) is 3. The van der Waals surface area contributed by atoms with Crippen molar-refractivity contribution in [2.75, 3.05) is 13.2 Å². The van der Waals surface area contributed by atoms with Crippen molar-refractivity contribution in [3.63, 3.8) is 0 Å². The van der Waals surface area contributed by atoms with Gasteiger partial charge in [-0.25, -0.2) is 0 Å². The first-order valence-corrected chi connectivity index (χ1v) is 37.1. The van der Waals surface area contributed by atoms with Gasteiger partial charge in [0.05, 0.1) is 0 Å². The number of unbranched alkanes of at least 4 members (excludes halogenated alkanes) is 50. The summed E-state index contributed by atoms with van der Waals surface area (Å²) in [6.45, 7) is 6.61. The van der Waals surface area contributed by atoms with Gasteiger partial charge in [0.25, 0.3) is 0 Å². The van der Waals surface area contributed by atoms with Gasteiger partial charge in [-0.2, -0.15) is 0 Å². The van der Waals surface area contributed by atoms with Gasteiger partial charge in [-0.3, -0.25) is 14.4 Å². The van der Waals surface area contributed by atoms with Crippen molar-refractivity contribution in [2.24, 2.45) is 0 Å². The third-order valence-corrected chi connectivity index (χ3v) is 16.8. The largest absolute Gasteiger partial charge is 0.462 e. The minimum Gasteiger partial charge on any atom is -0.462 e. The highest BCUT2D eigenvalue weighted by Gasteiger charge is 2.20. The fraction of sp³-hybridized carbons (Fsp3) is 0.857. The molecule has 0 amide bonds. The molecule has 83 heavy (non-hydrogen) atoms. The van der Waals surface area contributed by atoms with Crippen LogP contribution in [0.4, 0.5) is 0 Å². The monoisotopic (exact) mass is 1160 g/mol. The number of carbonyl (C=O) groups is 3. The Labute approximate surface area is 518 Å². The summed E-state index contributed by atoms with van der Waals surface area (Å²) in [5.41, 5.74) is 0. The van der Waals surface area contributed by atoms with Crippen molar-refractivity contribution >= 4 is 17.9 Å². The van der Waals surface area contributed by atoms with Gasteiger partial charge < -0.3 is 14.2 Å². The fourth-order valence-electron chi connectivity index (χ4n) is 11.3. The molecule has 1 unspecified atom stereocenters. The van der Waals surface area contributed by atoms with Gasteiger partial charge in [0, 0.05) is 19.3 Å². The highest BCUT2D eigenvalue weighted by atomic mass is 16.6. The molecule has 0 saturated carbocycles. The summed E-state index contributed by atoms with van der Waals surface area (Å²) in [5, 5.41) is 0. The van der Waals surface area contributed by atoms with Crippen molar-refractivity contribution in [3.05, 3.63) is 48.6 Å². The topological polar surface area (TPSA) is 78.9 Å². The van der Waals surface area contributed by atoms with Crippen LogP contribution in [-0.2, 0) is 28.6 Å². The van der Waals surface area contributed by atoms with Crippen LogP contribution in [0.1, 0.15) is 406 Å². The Morgan fingerprint density at radius 2 is 0.470 bits per heavy atom. The Morgan fingerprint density at radius 3 is 0.735 bits per heavy atom. The van der Waals surface area contributed by atoms with Gasteiger partial charge in [-0.15, -0.1) is 0 Å². The van der Waals surface area contributed by atoms with Crippen LogP contribution in [0, 0.1) is 0 Å². The van der Waals surface area contributed by atoms with E-state index in [2.05, 4.69) is 69.4 Å². The standard InChI is InChI=1S/C77H142O6/c1-4-7-10-13-16-19-22-25-27-29-31-33-34-35-36-37-38-39-40-41-42-44-45-47-49-52-55-58-61-64-67-70-76(79)82-73-74(72-81-75(78)69-66-63-60-57-54-51-24-21-18-15-12-9-6-3)83-77(80)71-68-65-62-59-56-53-50-48-46-43-32-30-28-26-23-20-17-14-11-8-5-2/h7,10,16,19,25,27,31,33,74H,4-6,8-9,11-15,17-18,20-24,26,28-30,32,34-73H2,1-3H3/b10-7-,19-16-,27-25-,33-31-. The van der Waals surface area contributed by atoms with Crippen LogP contribution < -0.4 is 0 Å². The first kappa shape index (κ1) is 80.4. The molecule has 0 heterocycles. The van der Waals surface area contributed by atoms with Crippen LogP contribution in [0.3, 0.4) is 0 Å². The molecule has 0 aliphatic heterocycles. The van der Waals surface area contributed by atoms with E-state index in [9.17, 15) is 14.4 Å². The van der Waals surface area contributed by atoms with E-state index in [1.54, 1.807) is 0 Å². The minimum atomic E-state index is -0.768. The summed E-state index contributed by atoms with van der Waals surface area (Å²) in [6, 6.07) is 0. The summed E-state index contributed by atoms with van der Waals surface area (Å²) in [5.74, 6) is -0.830. The number of esters is 3. The lowest BCUT2D eigenvalue weighted by Crippen LogP contribution is -2.30. The number of rotatable bonds is 69. The van der Waals surface area contributed by atoms with Crippen LogP contribution in [-0.4, -0.2) is 37.2 Å². The van der Waals surface area contributed by atoms with Gasteiger partial charge in [0.15, 0.2) is 6.10 Å². The van der Waals surface area contributed by atoms with Gasteiger partial charge in [0.2, 0.25) is 0 Å². The maximum absolute atomic E-state index is 13.0. The second-order valence-corrected chi connectivity index (χ2v) is 25.2. The third-order valence-electron chi connectivity index (χ3n) is 16.8. The Bertz CT molecular complexity index is 1430. The zero-order valence-electron chi connectivity index (χ0n) is 56.0. The van der Waals surface area contributed by atoms with E-state index in [0.29, 0.717) is 19.3 Å². The summed E-state index contributed by atoms with van der Waals surface area (Å²) < 4.78 is 17.0. The average Bonchev–Trinajstić information content (AvgIpc) is 3.49. The van der Waals surface area contributed by atoms with Crippen molar-refractivity contribution in [1.82, 2.24) is 0 Å². The van der Waals surface area contributed by atoms with Crippen molar-refractivity contribution in [1.29, 1.82) is 0 Å². The molecule has 6 nitrogen and oxygen atoms in total. The van der Waals surface area contributed by atoms with E-state index >= 15 is 0 Å². The van der Waals surface area contributed by atoms with E-state index in [4.69, 9.17) is 14.2 Å². The van der Waals surface area contributed by atoms with Crippen LogP contribution in [0.2, 0.25) is 0 Å². The second-order valence-electron chi connectivity index (χ2n) is 25.2. The fourth-order valence-corrected chi connectivity index (χ4v) is 11.3. The van der Waals surface area contributed by atoms with E-state index in [1.165, 1.54) is 283 Å². The first-order chi connectivity index (χ1) is 41.0. The van der Waals surface area contributed by atoms with Crippen molar-refractivity contribution < 1.29 is 28.6 Å². The van der Waals surface area contributed by atoms with Crippen molar-refractivity contribution in [3.8, 4) is 0 Å². The molecule has 0 saturated heterocycles. The molecule has 0 rings (SSSR count). The molecule has 1 atom stereocenters. The number of allylic oxidation sites excluding steroid dienone is 8.